The fourth-order valence-electron chi connectivity index (χ4n) is 1.20. The van der Waals surface area contributed by atoms with E-state index in [9.17, 15) is 14.0 Å². The number of nitrogens with zero attached hydrogens (tertiary/aromatic N) is 5. The molecule has 0 unspecified atom stereocenters. The monoisotopic (exact) mass is 245 g/mol. The third kappa shape index (κ3) is 1.56. The molecule has 0 bridgehead atoms. The highest BCUT2D eigenvalue weighted by atomic mass is 35.5. The number of imidazole rings is 1. The predicted octanol–water partition coefficient (Wildman–Crippen LogP) is -0.366. The van der Waals surface area contributed by atoms with Gasteiger partial charge in [-0.3, -0.25) is 4.79 Å². The minimum Gasteiger partial charge on any atom is -0.274 e. The van der Waals surface area contributed by atoms with E-state index in [1.165, 1.54) is 0 Å². The van der Waals surface area contributed by atoms with Gasteiger partial charge in [-0.2, -0.15) is 4.68 Å². The van der Waals surface area contributed by atoms with Crippen LogP contribution in [0.5, 0.6) is 0 Å². The van der Waals surface area contributed by atoms with Crippen molar-refractivity contribution >= 4 is 22.5 Å². The second-order valence-electron chi connectivity index (χ2n) is 2.84. The lowest BCUT2D eigenvalue weighted by Gasteiger charge is -1.99. The summed E-state index contributed by atoms with van der Waals surface area (Å²) in [7, 11) is 0. The van der Waals surface area contributed by atoms with E-state index in [2.05, 4.69) is 15.3 Å². The molecule has 2 rings (SSSR count). The Morgan fingerprint density at radius 1 is 1.56 bits per heavy atom. The zero-order valence-electron chi connectivity index (χ0n) is 7.80. The van der Waals surface area contributed by atoms with Crippen molar-refractivity contribution in [1.82, 2.24) is 24.4 Å². The Hall–Kier alpha value is -1.83. The van der Waals surface area contributed by atoms with Gasteiger partial charge >= 0.3 is 5.69 Å². The van der Waals surface area contributed by atoms with Crippen molar-refractivity contribution in [3.63, 3.8) is 0 Å². The number of rotatable bonds is 3. The SMILES string of the molecule is O=C(Cl)c1ncn2c(=O)n(CCF)nnc12. The molecule has 2 aromatic heterocycles. The van der Waals surface area contributed by atoms with Crippen LogP contribution in [0.1, 0.15) is 10.5 Å². The van der Waals surface area contributed by atoms with Crippen molar-refractivity contribution in [2.24, 2.45) is 0 Å². The minimum absolute atomic E-state index is 0.0416. The Balaban J connectivity index is 2.69. The average molecular weight is 246 g/mol. The molecule has 0 amide bonds. The number of hydrogen-bond acceptors (Lipinski definition) is 5. The molecule has 0 spiro atoms. The third-order valence-electron chi connectivity index (χ3n) is 1.90. The molecule has 9 heteroatoms. The largest absolute Gasteiger partial charge is 0.353 e. The highest BCUT2D eigenvalue weighted by Crippen LogP contribution is 2.05. The summed E-state index contributed by atoms with van der Waals surface area (Å²) in [4.78, 5) is 26.1. The minimum atomic E-state index is -0.834. The van der Waals surface area contributed by atoms with E-state index in [1.807, 2.05) is 0 Å². The van der Waals surface area contributed by atoms with Crippen LogP contribution in [0, 0.1) is 0 Å². The molecule has 0 atom stereocenters. The van der Waals surface area contributed by atoms with Crippen molar-refractivity contribution in [3.05, 3.63) is 22.5 Å². The highest BCUT2D eigenvalue weighted by molar-refractivity contribution is 6.68. The van der Waals surface area contributed by atoms with E-state index >= 15 is 0 Å². The molecule has 2 aromatic rings. The topological polar surface area (TPSA) is 82.2 Å². The lowest BCUT2D eigenvalue weighted by Crippen LogP contribution is -2.30. The van der Waals surface area contributed by atoms with Crippen LogP contribution in [0.2, 0.25) is 0 Å². The predicted molar refractivity (Wildman–Crippen MR) is 51.2 cm³/mol. The van der Waals surface area contributed by atoms with Crippen molar-refractivity contribution in [2.45, 2.75) is 6.54 Å². The lowest BCUT2D eigenvalue weighted by molar-refractivity contribution is 0.107. The van der Waals surface area contributed by atoms with E-state index in [1.54, 1.807) is 0 Å². The molecule has 0 N–H and O–H groups in total. The van der Waals surface area contributed by atoms with Crippen LogP contribution < -0.4 is 5.69 Å². The van der Waals surface area contributed by atoms with Gasteiger partial charge < -0.3 is 0 Å². The van der Waals surface area contributed by atoms with E-state index in [0.29, 0.717) is 0 Å². The van der Waals surface area contributed by atoms with Crippen LogP contribution in [0.4, 0.5) is 4.39 Å². The fourth-order valence-corrected chi connectivity index (χ4v) is 1.33. The van der Waals surface area contributed by atoms with Gasteiger partial charge in [0.05, 0.1) is 6.54 Å². The standard InChI is InChI=1S/C7H5ClFN5O2/c8-5(15)4-6-11-12-14(2-1-9)7(16)13(6)3-10-4/h3H,1-2H2. The van der Waals surface area contributed by atoms with Crippen LogP contribution in [0.3, 0.4) is 0 Å². The highest BCUT2D eigenvalue weighted by Gasteiger charge is 2.15. The summed E-state index contributed by atoms with van der Waals surface area (Å²) in [5.74, 6) is 0. The Kier molecular flexibility index (Phi) is 2.65. The maximum absolute atomic E-state index is 12.1. The van der Waals surface area contributed by atoms with Crippen molar-refractivity contribution in [2.75, 3.05) is 6.67 Å². The van der Waals surface area contributed by atoms with E-state index in [4.69, 9.17) is 11.6 Å². The third-order valence-corrected chi connectivity index (χ3v) is 2.08. The summed E-state index contributed by atoms with van der Waals surface area (Å²) >= 11 is 5.23. The normalized spacial score (nSPS) is 10.9. The Morgan fingerprint density at radius 3 is 2.94 bits per heavy atom. The molecule has 0 saturated carbocycles. The number of hydrogen-bond donors (Lipinski definition) is 0. The maximum atomic E-state index is 12.1. The van der Waals surface area contributed by atoms with Gasteiger partial charge in [-0.25, -0.2) is 18.6 Å². The first-order valence-electron chi connectivity index (χ1n) is 4.22. The van der Waals surface area contributed by atoms with Gasteiger partial charge in [0.15, 0.2) is 11.3 Å². The molecule has 0 aliphatic carbocycles. The maximum Gasteiger partial charge on any atom is 0.353 e. The van der Waals surface area contributed by atoms with Gasteiger partial charge in [-0.05, 0) is 11.6 Å². The van der Waals surface area contributed by atoms with Gasteiger partial charge in [0.1, 0.15) is 13.0 Å². The molecule has 0 aromatic carbocycles. The lowest BCUT2D eigenvalue weighted by atomic mass is 10.5. The number of carbonyl (C=O) groups is 1. The van der Waals surface area contributed by atoms with Gasteiger partial charge in [0.2, 0.25) is 0 Å². The number of carbonyl (C=O) groups excluding carboxylic acids is 1. The summed E-state index contributed by atoms with van der Waals surface area (Å²) in [5, 5.41) is 6.20. The number of fused-ring (bicyclic) bond motifs is 1. The Morgan fingerprint density at radius 2 is 2.31 bits per heavy atom. The Labute approximate surface area is 92.5 Å². The number of aromatic nitrogens is 5. The molecule has 0 saturated heterocycles. The molecular formula is C7H5ClFN5O2. The molecule has 0 aliphatic heterocycles. The summed E-state index contributed by atoms with van der Waals surface area (Å²) in [5.41, 5.74) is -0.821. The van der Waals surface area contributed by atoms with E-state index < -0.39 is 17.6 Å². The second-order valence-corrected chi connectivity index (χ2v) is 3.19. The van der Waals surface area contributed by atoms with Crippen molar-refractivity contribution < 1.29 is 9.18 Å². The van der Waals surface area contributed by atoms with Gasteiger partial charge in [0, 0.05) is 0 Å². The fraction of sp³-hybridized carbons (Fsp3) is 0.286. The molecule has 0 aliphatic rings. The van der Waals surface area contributed by atoms with E-state index in [0.717, 1.165) is 15.4 Å². The number of aryl methyl sites for hydroxylation is 1. The van der Waals surface area contributed by atoms with Crippen LogP contribution in [0.25, 0.3) is 5.65 Å². The van der Waals surface area contributed by atoms with Crippen LogP contribution >= 0.6 is 11.6 Å². The average Bonchev–Trinajstić information content (AvgIpc) is 2.67. The molecule has 84 valence electrons. The molecule has 2 heterocycles. The van der Waals surface area contributed by atoms with Crippen LogP contribution in [0.15, 0.2) is 11.1 Å². The first-order chi connectivity index (χ1) is 7.65. The Bertz CT molecular complexity index is 606. The van der Waals surface area contributed by atoms with Gasteiger partial charge in [-0.1, -0.05) is 5.21 Å². The number of halogens is 2. The zero-order chi connectivity index (χ0) is 11.7. The summed E-state index contributed by atoms with van der Waals surface area (Å²) in [6, 6.07) is 0. The first-order valence-corrected chi connectivity index (χ1v) is 4.59. The van der Waals surface area contributed by atoms with Gasteiger partial charge in [-0.15, -0.1) is 5.10 Å². The van der Waals surface area contributed by atoms with Crippen molar-refractivity contribution in [3.8, 4) is 0 Å². The molecule has 16 heavy (non-hydrogen) atoms. The molecular weight excluding hydrogens is 241 g/mol. The molecule has 7 nitrogen and oxygen atoms in total. The molecule has 0 radical (unpaired) electrons. The van der Waals surface area contributed by atoms with Crippen LogP contribution in [-0.2, 0) is 6.54 Å². The van der Waals surface area contributed by atoms with Crippen molar-refractivity contribution in [1.29, 1.82) is 0 Å². The smallest absolute Gasteiger partial charge is 0.274 e. The van der Waals surface area contributed by atoms with Gasteiger partial charge in [0.25, 0.3) is 5.24 Å². The van der Waals surface area contributed by atoms with Crippen LogP contribution in [-0.4, -0.2) is 36.3 Å². The summed E-state index contributed by atoms with van der Waals surface area (Å²) in [6.07, 6.45) is 1.09. The second kappa shape index (κ2) is 3.97. The summed E-state index contributed by atoms with van der Waals surface area (Å²) < 4.78 is 13.9. The summed E-state index contributed by atoms with van der Waals surface area (Å²) in [6.45, 7) is -0.944. The van der Waals surface area contributed by atoms with E-state index in [-0.39, 0.29) is 17.9 Å². The zero-order valence-corrected chi connectivity index (χ0v) is 8.56. The number of alkyl halides is 1. The molecule has 0 fully saturated rings. The quantitative estimate of drug-likeness (QED) is 0.690. The first kappa shape index (κ1) is 10.7.